The van der Waals surface area contributed by atoms with Gasteiger partial charge in [0.2, 0.25) is 0 Å². The first-order valence-electron chi connectivity index (χ1n) is 11.0. The summed E-state index contributed by atoms with van der Waals surface area (Å²) < 4.78 is 11.6. The first kappa shape index (κ1) is 22.7. The van der Waals surface area contributed by atoms with Crippen molar-refractivity contribution < 1.29 is 19.1 Å². The molecule has 1 saturated heterocycles. The van der Waals surface area contributed by atoms with Gasteiger partial charge in [-0.15, -0.1) is 0 Å². The molecule has 1 unspecified atom stereocenters. The van der Waals surface area contributed by atoms with Crippen LogP contribution in [-0.4, -0.2) is 60.5 Å². The standard InChI is InChI=1S/C25H32N2O4/c1-19(2)22-12-7-8-13-23(22)31-20(3)25(29)27-15-9-14-26(16-17-27)24(28)18-30-21-10-5-4-6-11-21/h4-8,10-13,19-20H,9,14-18H2,1-3H3. The second-order valence-electron chi connectivity index (χ2n) is 8.11. The molecule has 0 aliphatic carbocycles. The third-order valence-electron chi connectivity index (χ3n) is 5.46. The summed E-state index contributed by atoms with van der Waals surface area (Å²) in [6, 6.07) is 17.2. The second kappa shape index (κ2) is 10.8. The Hall–Kier alpha value is -3.02. The molecule has 0 radical (unpaired) electrons. The summed E-state index contributed by atoms with van der Waals surface area (Å²) >= 11 is 0. The zero-order chi connectivity index (χ0) is 22.2. The van der Waals surface area contributed by atoms with Gasteiger partial charge in [0.15, 0.2) is 12.7 Å². The molecule has 166 valence electrons. The fourth-order valence-corrected chi connectivity index (χ4v) is 3.70. The molecule has 0 saturated carbocycles. The number of hydrogen-bond donors (Lipinski definition) is 0. The van der Waals surface area contributed by atoms with E-state index in [-0.39, 0.29) is 18.4 Å². The fraction of sp³-hybridized carbons (Fsp3) is 0.440. The van der Waals surface area contributed by atoms with Crippen LogP contribution in [0.5, 0.6) is 11.5 Å². The van der Waals surface area contributed by atoms with E-state index in [1.165, 1.54) is 0 Å². The van der Waals surface area contributed by atoms with Gasteiger partial charge in [-0.25, -0.2) is 0 Å². The minimum absolute atomic E-state index is 0.00343. The molecular weight excluding hydrogens is 392 g/mol. The van der Waals surface area contributed by atoms with E-state index in [1.807, 2.05) is 54.6 Å². The summed E-state index contributed by atoms with van der Waals surface area (Å²) in [6.07, 6.45) is 0.154. The van der Waals surface area contributed by atoms with Gasteiger partial charge in [-0.3, -0.25) is 9.59 Å². The van der Waals surface area contributed by atoms with Crippen LogP contribution in [-0.2, 0) is 9.59 Å². The molecule has 6 heteroatoms. The van der Waals surface area contributed by atoms with Crippen LogP contribution in [0.25, 0.3) is 0 Å². The van der Waals surface area contributed by atoms with Crippen molar-refractivity contribution >= 4 is 11.8 Å². The number of nitrogens with zero attached hydrogens (tertiary/aromatic N) is 2. The predicted molar refractivity (Wildman–Crippen MR) is 120 cm³/mol. The molecule has 1 aliphatic rings. The Kier molecular flexibility index (Phi) is 7.93. The summed E-state index contributed by atoms with van der Waals surface area (Å²) in [4.78, 5) is 29.1. The molecule has 2 aromatic rings. The average molecular weight is 425 g/mol. The van der Waals surface area contributed by atoms with Crippen molar-refractivity contribution in [2.75, 3.05) is 32.8 Å². The molecular formula is C25H32N2O4. The highest BCUT2D eigenvalue weighted by Crippen LogP contribution is 2.27. The Labute approximate surface area is 184 Å². The monoisotopic (exact) mass is 424 g/mol. The smallest absolute Gasteiger partial charge is 0.263 e. The largest absolute Gasteiger partial charge is 0.484 e. The number of carbonyl (C=O) groups excluding carboxylic acids is 2. The third kappa shape index (κ3) is 6.23. The van der Waals surface area contributed by atoms with Gasteiger partial charge < -0.3 is 19.3 Å². The van der Waals surface area contributed by atoms with E-state index in [0.29, 0.717) is 37.8 Å². The predicted octanol–water partition coefficient (Wildman–Crippen LogP) is 3.72. The SMILES string of the molecule is CC(Oc1ccccc1C(C)C)C(=O)N1CCCN(C(=O)COc2ccccc2)CC1. The zero-order valence-corrected chi connectivity index (χ0v) is 18.6. The maximum Gasteiger partial charge on any atom is 0.263 e. The maximum atomic E-state index is 13.0. The minimum atomic E-state index is -0.580. The van der Waals surface area contributed by atoms with E-state index in [4.69, 9.17) is 9.47 Å². The molecule has 0 N–H and O–H groups in total. The van der Waals surface area contributed by atoms with E-state index in [1.54, 1.807) is 16.7 Å². The quantitative estimate of drug-likeness (QED) is 0.680. The van der Waals surface area contributed by atoms with Gasteiger partial charge in [-0.2, -0.15) is 0 Å². The Morgan fingerprint density at radius 2 is 1.52 bits per heavy atom. The lowest BCUT2D eigenvalue weighted by Gasteiger charge is -2.26. The van der Waals surface area contributed by atoms with Gasteiger partial charge in [0.1, 0.15) is 11.5 Å². The van der Waals surface area contributed by atoms with Crippen molar-refractivity contribution in [2.24, 2.45) is 0 Å². The fourth-order valence-electron chi connectivity index (χ4n) is 3.70. The molecule has 1 fully saturated rings. The molecule has 31 heavy (non-hydrogen) atoms. The van der Waals surface area contributed by atoms with Crippen LogP contribution in [0.3, 0.4) is 0 Å². The van der Waals surface area contributed by atoms with Gasteiger partial charge in [-0.1, -0.05) is 50.2 Å². The van der Waals surface area contributed by atoms with Crippen LogP contribution < -0.4 is 9.47 Å². The van der Waals surface area contributed by atoms with Crippen LogP contribution in [0.15, 0.2) is 54.6 Å². The lowest BCUT2D eigenvalue weighted by molar-refractivity contribution is -0.138. The molecule has 0 spiro atoms. The van der Waals surface area contributed by atoms with Crippen molar-refractivity contribution in [3.8, 4) is 11.5 Å². The van der Waals surface area contributed by atoms with E-state index in [0.717, 1.165) is 17.7 Å². The molecule has 2 amide bonds. The van der Waals surface area contributed by atoms with Crippen LogP contribution >= 0.6 is 0 Å². The Morgan fingerprint density at radius 1 is 0.871 bits per heavy atom. The van der Waals surface area contributed by atoms with Crippen molar-refractivity contribution in [2.45, 2.75) is 39.2 Å². The molecule has 6 nitrogen and oxygen atoms in total. The summed E-state index contributed by atoms with van der Waals surface area (Å²) in [6.45, 7) is 8.24. The minimum Gasteiger partial charge on any atom is -0.484 e. The normalized spacial score (nSPS) is 15.4. The third-order valence-corrected chi connectivity index (χ3v) is 5.46. The van der Waals surface area contributed by atoms with Crippen LogP contribution in [0.2, 0.25) is 0 Å². The highest BCUT2D eigenvalue weighted by molar-refractivity contribution is 5.81. The molecule has 1 aliphatic heterocycles. The van der Waals surface area contributed by atoms with Crippen molar-refractivity contribution in [1.29, 1.82) is 0 Å². The number of rotatable bonds is 7. The topological polar surface area (TPSA) is 59.1 Å². The first-order valence-corrected chi connectivity index (χ1v) is 11.0. The average Bonchev–Trinajstić information content (AvgIpc) is 3.04. The van der Waals surface area contributed by atoms with E-state index >= 15 is 0 Å². The van der Waals surface area contributed by atoms with Crippen LogP contribution in [0, 0.1) is 0 Å². The molecule has 0 bridgehead atoms. The number of hydrogen-bond acceptors (Lipinski definition) is 4. The second-order valence-corrected chi connectivity index (χ2v) is 8.11. The number of para-hydroxylation sites is 2. The molecule has 1 atom stereocenters. The number of ether oxygens (including phenoxy) is 2. The lowest BCUT2D eigenvalue weighted by atomic mass is 10.0. The number of benzene rings is 2. The van der Waals surface area contributed by atoms with Gasteiger partial charge >= 0.3 is 0 Å². The summed E-state index contributed by atoms with van der Waals surface area (Å²) in [5.74, 6) is 1.63. The van der Waals surface area contributed by atoms with Crippen LogP contribution in [0.1, 0.15) is 38.7 Å². The highest BCUT2D eigenvalue weighted by atomic mass is 16.5. The lowest BCUT2D eigenvalue weighted by Crippen LogP contribution is -2.43. The molecule has 0 aromatic heterocycles. The summed E-state index contributed by atoms with van der Waals surface area (Å²) in [5, 5.41) is 0. The van der Waals surface area contributed by atoms with Crippen molar-refractivity contribution in [1.82, 2.24) is 9.80 Å². The van der Waals surface area contributed by atoms with Crippen molar-refractivity contribution in [3.05, 3.63) is 60.2 Å². The zero-order valence-electron chi connectivity index (χ0n) is 18.6. The molecule has 2 aromatic carbocycles. The Balaban J connectivity index is 1.52. The van der Waals surface area contributed by atoms with E-state index < -0.39 is 6.10 Å². The highest BCUT2D eigenvalue weighted by Gasteiger charge is 2.26. The molecule has 1 heterocycles. The van der Waals surface area contributed by atoms with Crippen LogP contribution in [0.4, 0.5) is 0 Å². The first-order chi connectivity index (χ1) is 15.0. The molecule has 3 rings (SSSR count). The maximum absolute atomic E-state index is 13.0. The Bertz CT molecular complexity index is 869. The van der Waals surface area contributed by atoms with Gasteiger partial charge in [0.05, 0.1) is 0 Å². The van der Waals surface area contributed by atoms with Crippen molar-refractivity contribution in [3.63, 3.8) is 0 Å². The summed E-state index contributed by atoms with van der Waals surface area (Å²) in [7, 11) is 0. The van der Waals surface area contributed by atoms with Gasteiger partial charge in [-0.05, 0) is 43.0 Å². The van der Waals surface area contributed by atoms with E-state index in [9.17, 15) is 9.59 Å². The van der Waals surface area contributed by atoms with Gasteiger partial charge in [0.25, 0.3) is 11.8 Å². The summed E-state index contributed by atoms with van der Waals surface area (Å²) in [5.41, 5.74) is 1.09. The van der Waals surface area contributed by atoms with Gasteiger partial charge in [0, 0.05) is 26.2 Å². The number of carbonyl (C=O) groups is 2. The Morgan fingerprint density at radius 3 is 2.26 bits per heavy atom. The number of amides is 2. The van der Waals surface area contributed by atoms with E-state index in [2.05, 4.69) is 13.8 Å².